The van der Waals surface area contributed by atoms with Gasteiger partial charge in [-0.05, 0) is 37.5 Å². The number of aliphatic hydroxyl groups is 1. The Labute approximate surface area is 144 Å². The fraction of sp³-hybridized carbons (Fsp3) is 0.938. The number of hydrogen-bond donors (Lipinski definition) is 1. The van der Waals surface area contributed by atoms with Crippen LogP contribution in [0.1, 0.15) is 32.1 Å². The van der Waals surface area contributed by atoms with Gasteiger partial charge in [0.15, 0.2) is 0 Å². The summed E-state index contributed by atoms with van der Waals surface area (Å²) in [6.45, 7) is 2.31. The van der Waals surface area contributed by atoms with Crippen molar-refractivity contribution in [3.05, 3.63) is 0 Å². The predicted octanol–water partition coefficient (Wildman–Crippen LogP) is 0.0464. The van der Waals surface area contributed by atoms with Gasteiger partial charge in [0.1, 0.15) is 0 Å². The minimum Gasteiger partial charge on any atom is -0.393 e. The molecular formula is C16H28N2O5S. The summed E-state index contributed by atoms with van der Waals surface area (Å²) in [6, 6.07) is -0.103. The van der Waals surface area contributed by atoms with Crippen LogP contribution in [0.5, 0.6) is 0 Å². The van der Waals surface area contributed by atoms with Gasteiger partial charge in [-0.25, -0.2) is 8.42 Å². The van der Waals surface area contributed by atoms with Crippen molar-refractivity contribution >= 4 is 15.9 Å². The second-order valence-electron chi connectivity index (χ2n) is 7.77. The molecule has 0 unspecified atom stereocenters. The molecule has 1 saturated carbocycles. The van der Waals surface area contributed by atoms with Crippen LogP contribution >= 0.6 is 0 Å². The van der Waals surface area contributed by atoms with E-state index < -0.39 is 10.0 Å². The van der Waals surface area contributed by atoms with E-state index in [9.17, 15) is 18.3 Å². The third-order valence-electron chi connectivity index (χ3n) is 5.95. The minimum atomic E-state index is -3.25. The zero-order valence-electron chi connectivity index (χ0n) is 14.5. The van der Waals surface area contributed by atoms with Crippen molar-refractivity contribution in [3.63, 3.8) is 0 Å². The summed E-state index contributed by atoms with van der Waals surface area (Å²) in [5.74, 6) is 0.132. The topological polar surface area (TPSA) is 87.2 Å². The van der Waals surface area contributed by atoms with E-state index in [2.05, 4.69) is 0 Å². The molecule has 2 heterocycles. The normalized spacial score (nSPS) is 33.6. The van der Waals surface area contributed by atoms with Gasteiger partial charge < -0.3 is 14.7 Å². The molecule has 1 amide bonds. The van der Waals surface area contributed by atoms with E-state index in [4.69, 9.17) is 4.74 Å². The summed E-state index contributed by atoms with van der Waals surface area (Å²) in [7, 11) is -1.65. The van der Waals surface area contributed by atoms with Gasteiger partial charge in [0.05, 0.1) is 19.0 Å². The van der Waals surface area contributed by atoms with Crippen molar-refractivity contribution in [1.82, 2.24) is 9.21 Å². The number of rotatable bonds is 4. The SMILES string of the molecule is COC[C@@H]1CC2(CCN(C(=O)C3CC(O)C3)CC2)CN1S(C)(=O)=O. The van der Waals surface area contributed by atoms with Crippen molar-refractivity contribution in [2.75, 3.05) is 39.6 Å². The second kappa shape index (κ2) is 6.55. The summed E-state index contributed by atoms with van der Waals surface area (Å²) in [5.41, 5.74) is -0.0395. The molecule has 0 aromatic carbocycles. The van der Waals surface area contributed by atoms with E-state index in [1.807, 2.05) is 4.90 Å². The van der Waals surface area contributed by atoms with Gasteiger partial charge in [-0.2, -0.15) is 4.31 Å². The Hall–Kier alpha value is -0.700. The number of methoxy groups -OCH3 is 1. The highest BCUT2D eigenvalue weighted by atomic mass is 32.2. The van der Waals surface area contributed by atoms with E-state index in [0.717, 1.165) is 19.3 Å². The number of carbonyl (C=O) groups excluding carboxylic acids is 1. The molecule has 3 aliphatic rings. The molecule has 0 aromatic rings. The number of nitrogens with zero attached hydrogens (tertiary/aromatic N) is 2. The fourth-order valence-electron chi connectivity index (χ4n) is 4.46. The van der Waals surface area contributed by atoms with Crippen molar-refractivity contribution in [2.45, 2.75) is 44.2 Å². The van der Waals surface area contributed by atoms with E-state index in [0.29, 0.717) is 39.1 Å². The molecule has 1 atom stereocenters. The number of hydrogen-bond acceptors (Lipinski definition) is 5. The molecule has 2 saturated heterocycles. The molecule has 0 radical (unpaired) electrons. The van der Waals surface area contributed by atoms with Crippen molar-refractivity contribution in [3.8, 4) is 0 Å². The quantitative estimate of drug-likeness (QED) is 0.765. The standard InChI is InChI=1S/C16H28N2O5S/c1-23-10-13-9-16(11-18(13)24(2,21)22)3-5-17(6-4-16)15(20)12-7-14(19)8-12/h12-14,19H,3-11H2,1-2H3/t12?,13-,14?/m0/s1. The lowest BCUT2D eigenvalue weighted by atomic mass is 9.75. The Morgan fingerprint density at radius 1 is 1.29 bits per heavy atom. The van der Waals surface area contributed by atoms with Crippen LogP contribution in [0.25, 0.3) is 0 Å². The summed E-state index contributed by atoms with van der Waals surface area (Å²) in [5, 5.41) is 9.37. The Morgan fingerprint density at radius 2 is 1.92 bits per heavy atom. The van der Waals surface area contributed by atoms with Crippen LogP contribution in [-0.2, 0) is 19.6 Å². The maximum absolute atomic E-state index is 12.4. The van der Waals surface area contributed by atoms with Crippen LogP contribution < -0.4 is 0 Å². The van der Waals surface area contributed by atoms with Gasteiger partial charge in [0.25, 0.3) is 0 Å². The number of ether oxygens (including phenoxy) is 1. The largest absolute Gasteiger partial charge is 0.393 e. The van der Waals surface area contributed by atoms with E-state index in [-0.39, 0.29) is 29.4 Å². The lowest BCUT2D eigenvalue weighted by Crippen LogP contribution is -2.49. The first kappa shape index (κ1) is 18.1. The predicted molar refractivity (Wildman–Crippen MR) is 88.8 cm³/mol. The Morgan fingerprint density at radius 3 is 2.42 bits per heavy atom. The number of aliphatic hydroxyl groups excluding tert-OH is 1. The summed E-state index contributed by atoms with van der Waals surface area (Å²) >= 11 is 0. The molecule has 7 nitrogen and oxygen atoms in total. The Kier molecular flexibility index (Phi) is 4.94. The maximum atomic E-state index is 12.4. The molecule has 1 aliphatic carbocycles. The summed E-state index contributed by atoms with van der Waals surface area (Å²) < 4.78 is 30.9. The first-order chi connectivity index (χ1) is 11.2. The van der Waals surface area contributed by atoms with Crippen molar-refractivity contribution in [2.24, 2.45) is 11.3 Å². The lowest BCUT2D eigenvalue weighted by molar-refractivity contribution is -0.144. The number of likely N-dealkylation sites (tertiary alicyclic amines) is 1. The third kappa shape index (κ3) is 3.47. The van der Waals surface area contributed by atoms with Crippen LogP contribution in [0, 0.1) is 11.3 Å². The number of sulfonamides is 1. The van der Waals surface area contributed by atoms with Gasteiger partial charge in [-0.1, -0.05) is 0 Å². The van der Waals surface area contributed by atoms with Crippen LogP contribution in [0.4, 0.5) is 0 Å². The zero-order chi connectivity index (χ0) is 17.5. The molecule has 0 bridgehead atoms. The Bertz CT molecular complexity index is 579. The van der Waals surface area contributed by atoms with Gasteiger partial charge in [-0.15, -0.1) is 0 Å². The zero-order valence-corrected chi connectivity index (χ0v) is 15.3. The molecular weight excluding hydrogens is 332 g/mol. The number of carbonyl (C=O) groups is 1. The monoisotopic (exact) mass is 360 g/mol. The summed E-state index contributed by atoms with van der Waals surface area (Å²) in [4.78, 5) is 14.3. The number of piperidine rings is 1. The van der Waals surface area contributed by atoms with Gasteiger partial charge in [-0.3, -0.25) is 4.79 Å². The molecule has 3 rings (SSSR count). The van der Waals surface area contributed by atoms with Crippen LogP contribution in [0.15, 0.2) is 0 Å². The van der Waals surface area contributed by atoms with Gasteiger partial charge in [0, 0.05) is 38.7 Å². The highest BCUT2D eigenvalue weighted by molar-refractivity contribution is 7.88. The van der Waals surface area contributed by atoms with Crippen molar-refractivity contribution in [1.29, 1.82) is 0 Å². The molecule has 0 aromatic heterocycles. The van der Waals surface area contributed by atoms with Crippen LogP contribution in [0.2, 0.25) is 0 Å². The maximum Gasteiger partial charge on any atom is 0.225 e. The first-order valence-corrected chi connectivity index (χ1v) is 10.5. The second-order valence-corrected chi connectivity index (χ2v) is 9.70. The third-order valence-corrected chi connectivity index (χ3v) is 7.23. The molecule has 2 aliphatic heterocycles. The Balaban J connectivity index is 1.61. The highest BCUT2D eigenvalue weighted by Gasteiger charge is 2.49. The van der Waals surface area contributed by atoms with Crippen molar-refractivity contribution < 1.29 is 23.1 Å². The lowest BCUT2D eigenvalue weighted by Gasteiger charge is -2.42. The average molecular weight is 360 g/mol. The molecule has 1 spiro atoms. The molecule has 3 fully saturated rings. The molecule has 8 heteroatoms. The van der Waals surface area contributed by atoms with Crippen LogP contribution in [-0.4, -0.2) is 80.4 Å². The fourth-order valence-corrected chi connectivity index (χ4v) is 5.65. The smallest absolute Gasteiger partial charge is 0.225 e. The van der Waals surface area contributed by atoms with E-state index in [1.165, 1.54) is 6.26 Å². The minimum absolute atomic E-state index is 0.0219. The van der Waals surface area contributed by atoms with Gasteiger partial charge >= 0.3 is 0 Å². The number of amides is 1. The summed E-state index contributed by atoms with van der Waals surface area (Å²) in [6.07, 6.45) is 4.58. The highest BCUT2D eigenvalue weighted by Crippen LogP contribution is 2.45. The van der Waals surface area contributed by atoms with E-state index in [1.54, 1.807) is 11.4 Å². The first-order valence-electron chi connectivity index (χ1n) is 8.67. The van der Waals surface area contributed by atoms with E-state index >= 15 is 0 Å². The molecule has 138 valence electrons. The molecule has 1 N–H and O–H groups in total. The average Bonchev–Trinajstić information content (AvgIpc) is 2.83. The van der Waals surface area contributed by atoms with Crippen LogP contribution in [0.3, 0.4) is 0 Å². The van der Waals surface area contributed by atoms with Gasteiger partial charge in [0.2, 0.25) is 15.9 Å². The molecule has 24 heavy (non-hydrogen) atoms.